The molecule has 1 N–H and O–H groups in total. The van der Waals surface area contributed by atoms with Crippen molar-refractivity contribution in [2.24, 2.45) is 5.92 Å². The lowest BCUT2D eigenvalue weighted by Crippen LogP contribution is -2.27. The van der Waals surface area contributed by atoms with Gasteiger partial charge < -0.3 is 10.1 Å². The van der Waals surface area contributed by atoms with Crippen LogP contribution in [-0.2, 0) is 0 Å². The van der Waals surface area contributed by atoms with E-state index in [1.165, 1.54) is 42.1 Å². The van der Waals surface area contributed by atoms with E-state index in [1.807, 2.05) is 31.1 Å². The highest BCUT2D eigenvalue weighted by atomic mass is 32.2. The summed E-state index contributed by atoms with van der Waals surface area (Å²) in [6.07, 6.45) is 7.11. The zero-order chi connectivity index (χ0) is 18.2. The van der Waals surface area contributed by atoms with Gasteiger partial charge in [0.1, 0.15) is 5.75 Å². The first-order chi connectivity index (χ1) is 12.0. The first-order valence-electron chi connectivity index (χ1n) is 9.17. The van der Waals surface area contributed by atoms with E-state index in [0.717, 1.165) is 11.7 Å². The molecule has 1 fully saturated rings. The Balaban J connectivity index is 2.10. The number of nitrogens with one attached hydrogen (secondary N) is 1. The Bertz CT molecular complexity index is 604. The predicted molar refractivity (Wildman–Crippen MR) is 110 cm³/mol. The van der Waals surface area contributed by atoms with Gasteiger partial charge in [0.25, 0.3) is 0 Å². The monoisotopic (exact) mass is 360 g/mol. The molecule has 1 aromatic rings. The maximum absolute atomic E-state index is 5.50. The molecule has 1 aromatic carbocycles. The summed E-state index contributed by atoms with van der Waals surface area (Å²) < 4.78 is 8.00. The van der Waals surface area contributed by atoms with Gasteiger partial charge in [0, 0.05) is 42.2 Å². The Morgan fingerprint density at radius 2 is 2.00 bits per heavy atom. The Morgan fingerprint density at radius 3 is 2.64 bits per heavy atom. The van der Waals surface area contributed by atoms with E-state index < -0.39 is 0 Å². The molecule has 1 aliphatic rings. The Labute approximate surface area is 157 Å². The lowest BCUT2D eigenvalue weighted by Gasteiger charge is -2.29. The third-order valence-electron chi connectivity index (χ3n) is 4.88. The van der Waals surface area contributed by atoms with Crippen LogP contribution < -0.4 is 10.1 Å². The van der Waals surface area contributed by atoms with E-state index in [4.69, 9.17) is 4.74 Å². The number of allylic oxidation sites excluding steroid dienone is 3. The van der Waals surface area contributed by atoms with E-state index in [9.17, 15) is 0 Å². The molecule has 25 heavy (non-hydrogen) atoms. The third-order valence-corrected chi connectivity index (χ3v) is 6.14. The molecule has 0 spiro atoms. The van der Waals surface area contributed by atoms with Crippen LogP contribution in [0.1, 0.15) is 45.1 Å². The normalized spacial score (nSPS) is 18.9. The molecule has 1 saturated heterocycles. The van der Waals surface area contributed by atoms with Crippen LogP contribution in [0.3, 0.4) is 0 Å². The largest absolute Gasteiger partial charge is 0.496 e. The first kappa shape index (κ1) is 19.9. The van der Waals surface area contributed by atoms with Crippen molar-refractivity contribution < 1.29 is 4.74 Å². The molecule has 1 aliphatic heterocycles. The van der Waals surface area contributed by atoms with Gasteiger partial charge in [0.05, 0.1) is 7.11 Å². The number of hydrogen-bond acceptors (Lipinski definition) is 4. The quantitative estimate of drug-likeness (QED) is 0.534. The fourth-order valence-corrected chi connectivity index (χ4v) is 3.99. The van der Waals surface area contributed by atoms with Gasteiger partial charge in [-0.15, -0.1) is 0 Å². The summed E-state index contributed by atoms with van der Waals surface area (Å²) in [6.45, 7) is 9.05. The summed E-state index contributed by atoms with van der Waals surface area (Å²) in [4.78, 5) is 1.29. The molecule has 138 valence electrons. The van der Waals surface area contributed by atoms with Crippen molar-refractivity contribution >= 4 is 11.9 Å². The van der Waals surface area contributed by atoms with Gasteiger partial charge in [-0.2, -0.15) is 0 Å². The second kappa shape index (κ2) is 9.93. The highest BCUT2D eigenvalue weighted by Gasteiger charge is 2.17. The van der Waals surface area contributed by atoms with Crippen LogP contribution in [0.25, 0.3) is 0 Å². The van der Waals surface area contributed by atoms with Crippen LogP contribution in [0, 0.1) is 5.92 Å². The summed E-state index contributed by atoms with van der Waals surface area (Å²) in [5.41, 5.74) is 2.44. The fourth-order valence-electron chi connectivity index (χ4n) is 2.94. The van der Waals surface area contributed by atoms with Crippen molar-refractivity contribution in [2.45, 2.75) is 39.5 Å². The molecule has 1 atom stereocenters. The van der Waals surface area contributed by atoms with E-state index in [-0.39, 0.29) is 0 Å². The topological polar surface area (TPSA) is 24.5 Å². The van der Waals surface area contributed by atoms with Crippen LogP contribution in [-0.4, -0.2) is 31.6 Å². The number of nitrogens with zero attached hydrogens (tertiary/aromatic N) is 1. The lowest BCUT2D eigenvalue weighted by atomic mass is 9.99. The smallest absolute Gasteiger partial charge is 0.122 e. The van der Waals surface area contributed by atoms with Crippen molar-refractivity contribution in [2.75, 3.05) is 27.2 Å². The second-order valence-corrected chi connectivity index (χ2v) is 7.97. The average molecular weight is 361 g/mol. The van der Waals surface area contributed by atoms with E-state index in [2.05, 4.69) is 54.7 Å². The highest BCUT2D eigenvalue weighted by Crippen LogP contribution is 2.32. The van der Waals surface area contributed by atoms with Crippen molar-refractivity contribution in [1.29, 1.82) is 0 Å². The van der Waals surface area contributed by atoms with Crippen molar-refractivity contribution in [3.05, 3.63) is 52.6 Å². The zero-order valence-corrected chi connectivity index (χ0v) is 17.0. The van der Waals surface area contributed by atoms with Gasteiger partial charge in [-0.3, -0.25) is 0 Å². The molecule has 0 aliphatic carbocycles. The summed E-state index contributed by atoms with van der Waals surface area (Å²) in [6, 6.07) is 8.25. The standard InChI is InChI=1S/C21H32N2OS/c1-16-12-14-23(15-13-16)25-21(18(3)22-4)11-10-17(2)19-8-6-7-9-20(19)24-5/h6-11,16-17,22H,12-15H2,1-5H3/b11-10+,21-18+. The van der Waals surface area contributed by atoms with Crippen LogP contribution in [0.15, 0.2) is 47.0 Å². The third kappa shape index (κ3) is 5.82. The molecule has 1 heterocycles. The number of benzene rings is 1. The highest BCUT2D eigenvalue weighted by molar-refractivity contribution is 8.01. The van der Waals surface area contributed by atoms with Gasteiger partial charge in [-0.1, -0.05) is 38.1 Å². The minimum Gasteiger partial charge on any atom is -0.496 e. The molecular weight excluding hydrogens is 328 g/mol. The van der Waals surface area contributed by atoms with Gasteiger partial charge in [-0.25, -0.2) is 4.31 Å². The molecule has 0 bridgehead atoms. The van der Waals surface area contributed by atoms with Crippen LogP contribution in [0.2, 0.25) is 0 Å². The molecule has 3 nitrogen and oxygen atoms in total. The maximum atomic E-state index is 5.50. The number of hydrogen-bond donors (Lipinski definition) is 1. The van der Waals surface area contributed by atoms with Gasteiger partial charge in [0.15, 0.2) is 0 Å². The first-order valence-corrected chi connectivity index (χ1v) is 9.95. The van der Waals surface area contributed by atoms with Crippen LogP contribution in [0.5, 0.6) is 5.75 Å². The van der Waals surface area contributed by atoms with Crippen molar-refractivity contribution in [3.63, 3.8) is 0 Å². The van der Waals surface area contributed by atoms with Crippen molar-refractivity contribution in [1.82, 2.24) is 9.62 Å². The second-order valence-electron chi connectivity index (χ2n) is 6.83. The maximum Gasteiger partial charge on any atom is 0.122 e. The molecule has 0 aromatic heterocycles. The fraction of sp³-hybridized carbons (Fsp3) is 0.524. The van der Waals surface area contributed by atoms with E-state index >= 15 is 0 Å². The molecule has 0 amide bonds. The minimum atomic E-state index is 0.304. The average Bonchev–Trinajstić information content (AvgIpc) is 2.65. The van der Waals surface area contributed by atoms with Gasteiger partial charge in [0.2, 0.25) is 0 Å². The molecule has 0 saturated carbocycles. The van der Waals surface area contributed by atoms with Crippen molar-refractivity contribution in [3.8, 4) is 5.75 Å². The Morgan fingerprint density at radius 1 is 1.32 bits per heavy atom. The predicted octanol–water partition coefficient (Wildman–Crippen LogP) is 5.19. The van der Waals surface area contributed by atoms with E-state index in [1.54, 1.807) is 7.11 Å². The summed E-state index contributed by atoms with van der Waals surface area (Å²) in [7, 11) is 3.73. The molecule has 1 unspecified atom stereocenters. The number of piperidine rings is 1. The Hall–Kier alpha value is -1.39. The number of rotatable bonds is 7. The summed E-state index contributed by atoms with van der Waals surface area (Å²) in [5, 5.41) is 3.31. The molecule has 0 radical (unpaired) electrons. The number of methoxy groups -OCH3 is 1. The summed E-state index contributed by atoms with van der Waals surface area (Å²) >= 11 is 1.88. The summed E-state index contributed by atoms with van der Waals surface area (Å²) in [5.74, 6) is 2.11. The van der Waals surface area contributed by atoms with Gasteiger partial charge in [-0.05, 0) is 49.8 Å². The Kier molecular flexibility index (Phi) is 7.91. The number of para-hydroxylation sites is 1. The molecular formula is C21H32N2OS. The SMILES string of the molecule is CN/C(C)=C(\C=C\C(C)c1ccccc1OC)SN1CCC(C)CC1. The van der Waals surface area contributed by atoms with E-state index in [0.29, 0.717) is 5.92 Å². The lowest BCUT2D eigenvalue weighted by molar-refractivity contribution is 0.309. The molecule has 4 heteroatoms. The minimum absolute atomic E-state index is 0.304. The van der Waals surface area contributed by atoms with Gasteiger partial charge >= 0.3 is 0 Å². The zero-order valence-electron chi connectivity index (χ0n) is 16.2. The number of ether oxygens (including phenoxy) is 1. The van der Waals surface area contributed by atoms with Crippen LogP contribution in [0.4, 0.5) is 0 Å². The van der Waals surface area contributed by atoms with Crippen LogP contribution >= 0.6 is 11.9 Å². The molecule has 2 rings (SSSR count).